The predicted molar refractivity (Wildman–Crippen MR) is 140 cm³/mol. The van der Waals surface area contributed by atoms with Crippen LogP contribution in [-0.4, -0.2) is 45.2 Å². The van der Waals surface area contributed by atoms with Crippen LogP contribution in [0.2, 0.25) is 0 Å². The van der Waals surface area contributed by atoms with Gasteiger partial charge in [-0.1, -0.05) is 42.5 Å². The van der Waals surface area contributed by atoms with Crippen molar-refractivity contribution in [3.05, 3.63) is 68.6 Å². The first-order valence-corrected chi connectivity index (χ1v) is 12.5. The van der Waals surface area contributed by atoms with Crippen molar-refractivity contribution in [2.45, 2.75) is 25.7 Å². The van der Waals surface area contributed by atoms with Gasteiger partial charge in [0.2, 0.25) is 12.7 Å². The van der Waals surface area contributed by atoms with Crippen LogP contribution in [0.3, 0.4) is 0 Å². The number of carbonyl (C=O) groups is 3. The second-order valence-electron chi connectivity index (χ2n) is 8.07. The van der Waals surface area contributed by atoms with Crippen molar-refractivity contribution in [2.24, 2.45) is 0 Å². The zero-order valence-corrected chi connectivity index (χ0v) is 21.1. The Balaban J connectivity index is 1.17. The molecule has 37 heavy (non-hydrogen) atoms. The summed E-state index contributed by atoms with van der Waals surface area (Å²) in [5, 5.41) is 10.8. The molecule has 0 radical (unpaired) electrons. The molecule has 13 heteroatoms. The maximum atomic E-state index is 12.8. The number of amides is 3. The molecule has 2 aromatic rings. The fraction of sp³-hybridized carbons (Fsp3) is 0.250. The van der Waals surface area contributed by atoms with Crippen LogP contribution in [0, 0.1) is 10.1 Å². The summed E-state index contributed by atoms with van der Waals surface area (Å²) in [6.07, 6.45) is 3.80. The third-order valence-electron chi connectivity index (χ3n) is 5.49. The van der Waals surface area contributed by atoms with E-state index in [0.717, 1.165) is 11.6 Å². The topological polar surface area (TPSA) is 140 Å². The van der Waals surface area contributed by atoms with Gasteiger partial charge in [-0.2, -0.15) is 0 Å². The number of unbranched alkanes of at least 4 members (excludes halogenated alkanes) is 2. The molecule has 0 saturated carbocycles. The number of thiocarbonyl (C=S) groups is 1. The van der Waals surface area contributed by atoms with Gasteiger partial charge in [0.15, 0.2) is 11.5 Å². The number of fused-ring (bicyclic) bond motifs is 1. The first-order chi connectivity index (χ1) is 17.8. The van der Waals surface area contributed by atoms with E-state index in [1.165, 1.54) is 30.0 Å². The number of nitrogens with one attached hydrogen (secondary N) is 2. The number of rotatable bonds is 9. The SMILES string of the molecule is O=C(CCCCCN1C(=O)C(=Cc2ccc3c(c2)OCO3)SC1=S)NNC(=O)c1cccc([N+](=O)[O-])c1. The van der Waals surface area contributed by atoms with Gasteiger partial charge in [0.25, 0.3) is 17.5 Å². The van der Waals surface area contributed by atoms with Crippen molar-refractivity contribution in [3.63, 3.8) is 0 Å². The summed E-state index contributed by atoms with van der Waals surface area (Å²) in [6, 6.07) is 10.6. The monoisotopic (exact) mass is 542 g/mol. The standard InChI is InChI=1S/C24H22N4O7S2/c29-21(25-26-22(30)16-5-4-6-17(13-16)28(32)33)7-2-1-3-10-27-23(31)20(37-24(27)36)12-15-8-9-18-19(11-15)35-14-34-18/h4-6,8-9,11-13H,1-3,7,10,14H2,(H,25,29)(H,26,30). The van der Waals surface area contributed by atoms with Gasteiger partial charge in [-0.05, 0) is 42.7 Å². The van der Waals surface area contributed by atoms with E-state index in [1.807, 2.05) is 12.1 Å². The number of nitro groups is 1. The lowest BCUT2D eigenvalue weighted by Crippen LogP contribution is -2.41. The summed E-state index contributed by atoms with van der Waals surface area (Å²) in [5.41, 5.74) is 5.20. The molecule has 192 valence electrons. The zero-order valence-electron chi connectivity index (χ0n) is 19.4. The molecule has 0 aromatic heterocycles. The van der Waals surface area contributed by atoms with Gasteiger partial charge in [-0.3, -0.25) is 40.2 Å². The summed E-state index contributed by atoms with van der Waals surface area (Å²) in [7, 11) is 0. The molecule has 1 saturated heterocycles. The summed E-state index contributed by atoms with van der Waals surface area (Å²) < 4.78 is 11.2. The highest BCUT2D eigenvalue weighted by molar-refractivity contribution is 8.26. The smallest absolute Gasteiger partial charge is 0.270 e. The molecule has 4 rings (SSSR count). The Morgan fingerprint density at radius 1 is 1.11 bits per heavy atom. The van der Waals surface area contributed by atoms with Crippen LogP contribution in [0.4, 0.5) is 5.69 Å². The fourth-order valence-electron chi connectivity index (χ4n) is 3.60. The van der Waals surface area contributed by atoms with Crippen LogP contribution < -0.4 is 20.3 Å². The van der Waals surface area contributed by atoms with E-state index in [-0.39, 0.29) is 30.4 Å². The van der Waals surface area contributed by atoms with Crippen molar-refractivity contribution >= 4 is 57.8 Å². The van der Waals surface area contributed by atoms with E-state index in [2.05, 4.69) is 10.9 Å². The Labute approximate surface area is 221 Å². The average molecular weight is 543 g/mol. The number of nitro benzene ring substituents is 1. The molecule has 2 N–H and O–H groups in total. The molecule has 2 aliphatic rings. The van der Waals surface area contributed by atoms with Gasteiger partial charge in [0, 0.05) is 30.7 Å². The van der Waals surface area contributed by atoms with Crippen molar-refractivity contribution in [1.82, 2.24) is 15.8 Å². The van der Waals surface area contributed by atoms with E-state index in [9.17, 15) is 24.5 Å². The third kappa shape index (κ3) is 6.62. The minimum atomic E-state index is -0.653. The van der Waals surface area contributed by atoms with E-state index in [0.29, 0.717) is 46.5 Å². The second kappa shape index (κ2) is 11.8. The molecule has 0 atom stereocenters. The van der Waals surface area contributed by atoms with Crippen LogP contribution in [0.1, 0.15) is 41.6 Å². The molecule has 11 nitrogen and oxygen atoms in total. The molecule has 1 fully saturated rings. The van der Waals surface area contributed by atoms with Gasteiger partial charge in [0.1, 0.15) is 4.32 Å². The predicted octanol–water partition coefficient (Wildman–Crippen LogP) is 3.55. The summed E-state index contributed by atoms with van der Waals surface area (Å²) in [4.78, 5) is 49.2. The van der Waals surface area contributed by atoms with Crippen LogP contribution in [0.15, 0.2) is 47.4 Å². The first-order valence-electron chi connectivity index (χ1n) is 11.3. The van der Waals surface area contributed by atoms with Crippen molar-refractivity contribution in [3.8, 4) is 11.5 Å². The third-order valence-corrected chi connectivity index (χ3v) is 6.87. The Bertz CT molecular complexity index is 1300. The van der Waals surface area contributed by atoms with E-state index >= 15 is 0 Å². The summed E-state index contributed by atoms with van der Waals surface area (Å²) >= 11 is 6.62. The molecular weight excluding hydrogens is 520 g/mol. The maximum absolute atomic E-state index is 12.8. The van der Waals surface area contributed by atoms with Crippen LogP contribution in [0.5, 0.6) is 11.5 Å². The number of benzene rings is 2. The van der Waals surface area contributed by atoms with Crippen LogP contribution in [0.25, 0.3) is 6.08 Å². The van der Waals surface area contributed by atoms with Gasteiger partial charge in [-0.25, -0.2) is 0 Å². The highest BCUT2D eigenvalue weighted by Crippen LogP contribution is 2.36. The van der Waals surface area contributed by atoms with Gasteiger partial charge >= 0.3 is 0 Å². The summed E-state index contributed by atoms with van der Waals surface area (Å²) in [6.45, 7) is 0.617. The van der Waals surface area contributed by atoms with Crippen molar-refractivity contribution in [2.75, 3.05) is 13.3 Å². The quantitative estimate of drug-likeness (QED) is 0.160. The summed E-state index contributed by atoms with van der Waals surface area (Å²) in [5.74, 6) is 0.102. The van der Waals surface area contributed by atoms with E-state index in [1.54, 1.807) is 17.0 Å². The molecule has 0 spiro atoms. The Hall–Kier alpha value is -3.97. The van der Waals surface area contributed by atoms with Crippen LogP contribution in [-0.2, 0) is 9.59 Å². The van der Waals surface area contributed by atoms with E-state index < -0.39 is 16.7 Å². The van der Waals surface area contributed by atoms with Gasteiger partial charge in [-0.15, -0.1) is 0 Å². The lowest BCUT2D eigenvalue weighted by molar-refractivity contribution is -0.384. The Morgan fingerprint density at radius 3 is 2.73 bits per heavy atom. The number of hydrazine groups is 1. The molecule has 2 aliphatic heterocycles. The number of thioether (sulfide) groups is 1. The molecular formula is C24H22N4O7S2. The zero-order chi connectivity index (χ0) is 26.4. The molecule has 0 unspecified atom stereocenters. The average Bonchev–Trinajstić information content (AvgIpc) is 3.46. The van der Waals surface area contributed by atoms with Gasteiger partial charge in [0.05, 0.1) is 9.83 Å². The minimum absolute atomic E-state index is 0.0607. The van der Waals surface area contributed by atoms with Crippen molar-refractivity contribution in [1.29, 1.82) is 0 Å². The second-order valence-corrected chi connectivity index (χ2v) is 9.74. The number of nitrogens with zero attached hydrogens (tertiary/aromatic N) is 2. The lowest BCUT2D eigenvalue weighted by atomic mass is 10.1. The maximum Gasteiger partial charge on any atom is 0.270 e. The number of hydrogen-bond donors (Lipinski definition) is 2. The molecule has 2 aromatic carbocycles. The highest BCUT2D eigenvalue weighted by atomic mass is 32.2. The fourth-order valence-corrected chi connectivity index (χ4v) is 4.91. The molecule has 0 bridgehead atoms. The minimum Gasteiger partial charge on any atom is -0.454 e. The first kappa shape index (κ1) is 26.1. The number of hydrogen-bond acceptors (Lipinski definition) is 9. The van der Waals surface area contributed by atoms with Crippen LogP contribution >= 0.6 is 24.0 Å². The van der Waals surface area contributed by atoms with E-state index in [4.69, 9.17) is 21.7 Å². The van der Waals surface area contributed by atoms with Crippen molar-refractivity contribution < 1.29 is 28.8 Å². The highest BCUT2D eigenvalue weighted by Gasteiger charge is 2.31. The Morgan fingerprint density at radius 2 is 1.92 bits per heavy atom. The molecule has 0 aliphatic carbocycles. The lowest BCUT2D eigenvalue weighted by Gasteiger charge is -2.14. The molecule has 2 heterocycles. The molecule has 3 amide bonds. The number of ether oxygens (including phenoxy) is 2. The largest absolute Gasteiger partial charge is 0.454 e. The van der Waals surface area contributed by atoms with Gasteiger partial charge < -0.3 is 9.47 Å². The number of non-ortho nitro benzene ring substituents is 1. The number of carbonyl (C=O) groups excluding carboxylic acids is 3. The Kier molecular flexibility index (Phi) is 8.36. The normalized spacial score (nSPS) is 15.2.